The van der Waals surface area contributed by atoms with Gasteiger partial charge in [-0.1, -0.05) is 0 Å². The minimum atomic E-state index is -0.785. The Morgan fingerprint density at radius 3 is 3.00 bits per heavy atom. The van der Waals surface area contributed by atoms with Crippen molar-refractivity contribution in [1.82, 2.24) is 9.55 Å². The normalized spacial score (nSPS) is 28.5. The van der Waals surface area contributed by atoms with Crippen molar-refractivity contribution in [3.63, 3.8) is 0 Å². The SMILES string of the molecule is Nc1nc(=O)n([C@@H]2C[C@@H](O)[C@H](CO)O2)cc1I. The second kappa shape index (κ2) is 4.88. The average molecular weight is 353 g/mol. The van der Waals surface area contributed by atoms with Gasteiger partial charge in [0, 0.05) is 12.6 Å². The van der Waals surface area contributed by atoms with E-state index in [4.69, 9.17) is 15.6 Å². The molecule has 4 N–H and O–H groups in total. The number of nitrogens with two attached hydrogens (primary N) is 1. The summed E-state index contributed by atoms with van der Waals surface area (Å²) in [5.74, 6) is 0.170. The van der Waals surface area contributed by atoms with Gasteiger partial charge in [0.25, 0.3) is 0 Å². The van der Waals surface area contributed by atoms with E-state index >= 15 is 0 Å². The molecule has 0 saturated carbocycles. The molecule has 7 nitrogen and oxygen atoms in total. The number of aromatic nitrogens is 2. The lowest BCUT2D eigenvalue weighted by molar-refractivity contribution is -0.0459. The highest BCUT2D eigenvalue weighted by Gasteiger charge is 2.35. The molecule has 1 saturated heterocycles. The molecule has 0 bridgehead atoms. The summed E-state index contributed by atoms with van der Waals surface area (Å²) in [6.07, 6.45) is -0.291. The molecule has 1 aliphatic heterocycles. The van der Waals surface area contributed by atoms with Crippen LogP contribution in [0.15, 0.2) is 11.0 Å². The van der Waals surface area contributed by atoms with Crippen LogP contribution in [0.25, 0.3) is 0 Å². The molecule has 8 heteroatoms. The maximum atomic E-state index is 11.6. The standard InChI is InChI=1S/C9H12IN3O4/c10-4-2-13(9(16)12-8(4)11)7-1-5(15)6(3-14)17-7/h2,5-7,14-15H,1,3H2,(H2,11,12,16)/t5-,6+,7+/m1/s1. The first-order chi connectivity index (χ1) is 8.02. The minimum Gasteiger partial charge on any atom is -0.394 e. The number of aliphatic hydroxyl groups excluding tert-OH is 2. The zero-order valence-electron chi connectivity index (χ0n) is 8.78. The molecule has 2 rings (SSSR count). The van der Waals surface area contributed by atoms with E-state index in [0.717, 1.165) is 0 Å². The molecule has 2 heterocycles. The molecule has 3 atom stereocenters. The molecular formula is C9H12IN3O4. The van der Waals surface area contributed by atoms with Crippen LogP contribution in [0.4, 0.5) is 5.82 Å². The Kier molecular flexibility index (Phi) is 3.66. The Bertz CT molecular complexity index is 478. The fourth-order valence-corrected chi connectivity index (χ4v) is 2.13. The molecule has 1 aromatic rings. The highest BCUT2D eigenvalue weighted by atomic mass is 127. The van der Waals surface area contributed by atoms with Crippen molar-refractivity contribution < 1.29 is 14.9 Å². The van der Waals surface area contributed by atoms with Gasteiger partial charge in [-0.2, -0.15) is 4.98 Å². The molecule has 0 unspecified atom stereocenters. The highest BCUT2D eigenvalue weighted by Crippen LogP contribution is 2.27. The number of halogens is 1. The lowest BCUT2D eigenvalue weighted by Crippen LogP contribution is -2.28. The maximum absolute atomic E-state index is 11.6. The first-order valence-corrected chi connectivity index (χ1v) is 6.09. The van der Waals surface area contributed by atoms with E-state index in [9.17, 15) is 9.90 Å². The van der Waals surface area contributed by atoms with Gasteiger partial charge >= 0.3 is 5.69 Å². The van der Waals surface area contributed by atoms with Crippen LogP contribution in [0.3, 0.4) is 0 Å². The Balaban J connectivity index is 2.30. The number of anilines is 1. The summed E-state index contributed by atoms with van der Waals surface area (Å²) in [6.45, 7) is -0.286. The largest absolute Gasteiger partial charge is 0.394 e. The molecule has 0 aromatic carbocycles. The molecule has 0 amide bonds. The maximum Gasteiger partial charge on any atom is 0.351 e. The summed E-state index contributed by atoms with van der Waals surface area (Å²) in [7, 11) is 0. The molecule has 0 spiro atoms. The van der Waals surface area contributed by atoms with Gasteiger partial charge in [-0.25, -0.2) is 4.79 Å². The minimum absolute atomic E-state index is 0.170. The summed E-state index contributed by atoms with van der Waals surface area (Å²) in [5.41, 5.74) is 4.98. The van der Waals surface area contributed by atoms with Crippen LogP contribution in [0, 0.1) is 3.57 Å². The summed E-state index contributed by atoms with van der Waals surface area (Å²) in [5, 5.41) is 18.5. The van der Waals surface area contributed by atoms with Gasteiger partial charge in [0.05, 0.1) is 16.3 Å². The number of nitrogens with zero attached hydrogens (tertiary/aromatic N) is 2. The van der Waals surface area contributed by atoms with Crippen LogP contribution in [0.2, 0.25) is 0 Å². The molecule has 1 aliphatic rings. The third-order valence-corrected chi connectivity index (χ3v) is 3.46. The van der Waals surface area contributed by atoms with Gasteiger partial charge in [0.15, 0.2) is 0 Å². The van der Waals surface area contributed by atoms with Gasteiger partial charge < -0.3 is 20.7 Å². The Hall–Kier alpha value is -0.710. The van der Waals surface area contributed by atoms with Crippen molar-refractivity contribution in [3.8, 4) is 0 Å². The zero-order valence-corrected chi connectivity index (χ0v) is 10.9. The lowest BCUT2D eigenvalue weighted by Gasteiger charge is -2.14. The van der Waals surface area contributed by atoms with Gasteiger partial charge in [-0.05, 0) is 22.6 Å². The number of nitrogen functional groups attached to an aromatic ring is 1. The van der Waals surface area contributed by atoms with Crippen molar-refractivity contribution in [3.05, 3.63) is 20.3 Å². The lowest BCUT2D eigenvalue weighted by atomic mass is 10.2. The molecule has 94 valence electrons. The van der Waals surface area contributed by atoms with Crippen molar-refractivity contribution >= 4 is 28.4 Å². The zero-order chi connectivity index (χ0) is 12.6. The fraction of sp³-hybridized carbons (Fsp3) is 0.556. The van der Waals surface area contributed by atoms with E-state index in [1.54, 1.807) is 0 Å². The Labute approximate surface area is 110 Å². The number of aliphatic hydroxyl groups is 2. The van der Waals surface area contributed by atoms with E-state index in [-0.39, 0.29) is 18.8 Å². The van der Waals surface area contributed by atoms with E-state index in [1.807, 2.05) is 22.6 Å². The van der Waals surface area contributed by atoms with Crippen LogP contribution in [-0.4, -0.2) is 38.6 Å². The third kappa shape index (κ3) is 2.44. The van der Waals surface area contributed by atoms with Gasteiger partial charge in [0.1, 0.15) is 18.1 Å². The van der Waals surface area contributed by atoms with E-state index < -0.39 is 24.1 Å². The number of hydrogen-bond donors (Lipinski definition) is 3. The molecule has 17 heavy (non-hydrogen) atoms. The monoisotopic (exact) mass is 353 g/mol. The van der Waals surface area contributed by atoms with Crippen molar-refractivity contribution in [2.75, 3.05) is 12.3 Å². The molecule has 0 aliphatic carbocycles. The van der Waals surface area contributed by atoms with Gasteiger partial charge in [-0.15, -0.1) is 0 Å². The predicted molar refractivity (Wildman–Crippen MR) is 67.2 cm³/mol. The van der Waals surface area contributed by atoms with E-state index in [2.05, 4.69) is 4.98 Å². The van der Waals surface area contributed by atoms with Gasteiger partial charge in [-0.3, -0.25) is 4.57 Å². The molecule has 1 fully saturated rings. The van der Waals surface area contributed by atoms with Crippen molar-refractivity contribution in [2.45, 2.75) is 24.9 Å². The highest BCUT2D eigenvalue weighted by molar-refractivity contribution is 14.1. The number of ether oxygens (including phenoxy) is 1. The average Bonchev–Trinajstić information content (AvgIpc) is 2.65. The van der Waals surface area contributed by atoms with Crippen LogP contribution in [0.5, 0.6) is 0 Å². The second-order valence-electron chi connectivity index (χ2n) is 3.78. The van der Waals surface area contributed by atoms with Crippen molar-refractivity contribution in [1.29, 1.82) is 0 Å². The summed E-state index contributed by atoms with van der Waals surface area (Å²) in [6, 6.07) is 0. The van der Waals surface area contributed by atoms with E-state index in [0.29, 0.717) is 3.57 Å². The predicted octanol–water partition coefficient (Wildman–Crippen LogP) is -0.929. The summed E-state index contributed by atoms with van der Waals surface area (Å²) < 4.78 is 7.27. The summed E-state index contributed by atoms with van der Waals surface area (Å²) >= 11 is 1.96. The number of rotatable bonds is 2. The second-order valence-corrected chi connectivity index (χ2v) is 4.94. The third-order valence-electron chi connectivity index (χ3n) is 2.63. The molecular weight excluding hydrogens is 341 g/mol. The quantitative estimate of drug-likeness (QED) is 0.593. The smallest absolute Gasteiger partial charge is 0.351 e. The Morgan fingerprint density at radius 2 is 2.41 bits per heavy atom. The Morgan fingerprint density at radius 1 is 1.71 bits per heavy atom. The van der Waals surface area contributed by atoms with Crippen LogP contribution in [-0.2, 0) is 4.74 Å². The molecule has 1 aromatic heterocycles. The van der Waals surface area contributed by atoms with Gasteiger partial charge in [0.2, 0.25) is 0 Å². The van der Waals surface area contributed by atoms with Crippen LogP contribution >= 0.6 is 22.6 Å². The molecule has 0 radical (unpaired) electrons. The van der Waals surface area contributed by atoms with Crippen LogP contribution < -0.4 is 11.4 Å². The first kappa shape index (κ1) is 12.7. The van der Waals surface area contributed by atoms with Crippen LogP contribution in [0.1, 0.15) is 12.6 Å². The van der Waals surface area contributed by atoms with E-state index in [1.165, 1.54) is 10.8 Å². The summed E-state index contributed by atoms with van der Waals surface area (Å²) in [4.78, 5) is 15.3. The first-order valence-electron chi connectivity index (χ1n) is 5.01. The van der Waals surface area contributed by atoms with Crippen molar-refractivity contribution in [2.24, 2.45) is 0 Å². The number of hydrogen-bond acceptors (Lipinski definition) is 6. The fourth-order valence-electron chi connectivity index (χ4n) is 1.71. The topological polar surface area (TPSA) is 111 Å².